The van der Waals surface area contributed by atoms with Gasteiger partial charge >= 0.3 is 0 Å². The van der Waals surface area contributed by atoms with Gasteiger partial charge in [-0.2, -0.15) is 0 Å². The maximum absolute atomic E-state index is 12.1. The summed E-state index contributed by atoms with van der Waals surface area (Å²) in [7, 11) is -3.39. The van der Waals surface area contributed by atoms with Crippen molar-refractivity contribution in [3.8, 4) is 0 Å². The number of aryl methyl sites for hydroxylation is 1. The highest BCUT2D eigenvalue weighted by Gasteiger charge is 2.22. The van der Waals surface area contributed by atoms with Crippen LogP contribution in [0.25, 0.3) is 0 Å². The highest BCUT2D eigenvalue weighted by Crippen LogP contribution is 2.17. The summed E-state index contributed by atoms with van der Waals surface area (Å²) in [6.07, 6.45) is -0.0321. The van der Waals surface area contributed by atoms with Gasteiger partial charge in [0, 0.05) is 0 Å². The number of hydrogen-bond acceptors (Lipinski definition) is 3. The van der Waals surface area contributed by atoms with E-state index in [0.717, 1.165) is 12.0 Å². The van der Waals surface area contributed by atoms with E-state index in [-0.39, 0.29) is 11.7 Å². The first kappa shape index (κ1) is 14.2. The van der Waals surface area contributed by atoms with Gasteiger partial charge in [-0.25, -0.2) is 8.42 Å². The van der Waals surface area contributed by atoms with Gasteiger partial charge in [-0.3, -0.25) is 0 Å². The number of rotatable bonds is 5. The summed E-state index contributed by atoms with van der Waals surface area (Å²) in [5.74, 6) is -0.208. The Hall–Kier alpha value is -0.870. The molecule has 1 aromatic carbocycles. The first-order chi connectivity index (χ1) is 7.86. The number of aliphatic hydroxyl groups excluding tert-OH is 1. The molecule has 0 aliphatic carbocycles. The molecule has 0 fully saturated rings. The first-order valence-corrected chi connectivity index (χ1v) is 7.49. The van der Waals surface area contributed by atoms with Crippen LogP contribution in [-0.2, 0) is 9.84 Å². The lowest BCUT2D eigenvalue weighted by molar-refractivity contribution is 0.135. The lowest BCUT2D eigenvalue weighted by Gasteiger charge is -2.17. The lowest BCUT2D eigenvalue weighted by Crippen LogP contribution is -2.27. The fourth-order valence-corrected chi connectivity index (χ4v) is 3.19. The van der Waals surface area contributed by atoms with Crippen LogP contribution in [0, 0.1) is 12.8 Å². The van der Waals surface area contributed by atoms with E-state index in [4.69, 9.17) is 0 Å². The van der Waals surface area contributed by atoms with Gasteiger partial charge in [0.2, 0.25) is 0 Å². The molecule has 4 heteroatoms. The fraction of sp³-hybridized carbons (Fsp3) is 0.538. The minimum Gasteiger partial charge on any atom is -0.392 e. The van der Waals surface area contributed by atoms with Crippen LogP contribution in [0.3, 0.4) is 0 Å². The molecule has 0 aromatic heterocycles. The number of benzene rings is 1. The van der Waals surface area contributed by atoms with Gasteiger partial charge in [-0.05, 0) is 30.5 Å². The van der Waals surface area contributed by atoms with Gasteiger partial charge < -0.3 is 5.11 Å². The second kappa shape index (κ2) is 5.65. The zero-order valence-electron chi connectivity index (χ0n) is 10.6. The molecule has 0 aliphatic heterocycles. The molecular formula is C13H20O3S. The molecule has 1 N–H and O–H groups in total. The van der Waals surface area contributed by atoms with Crippen LogP contribution < -0.4 is 0 Å². The maximum Gasteiger partial charge on any atom is 0.180 e. The smallest absolute Gasteiger partial charge is 0.180 e. The molecule has 0 saturated heterocycles. The Morgan fingerprint density at radius 2 is 2.00 bits per heavy atom. The van der Waals surface area contributed by atoms with Crippen molar-refractivity contribution in [2.24, 2.45) is 5.92 Å². The monoisotopic (exact) mass is 256 g/mol. The molecule has 0 amide bonds. The molecule has 96 valence electrons. The molecule has 17 heavy (non-hydrogen) atoms. The topological polar surface area (TPSA) is 54.4 Å². The Balaban J connectivity index is 2.89. The molecule has 0 aliphatic rings. The van der Waals surface area contributed by atoms with E-state index < -0.39 is 15.9 Å². The summed E-state index contributed by atoms with van der Waals surface area (Å²) in [5, 5.41) is 9.80. The minimum absolute atomic E-state index is 0.00501. The van der Waals surface area contributed by atoms with Crippen LogP contribution >= 0.6 is 0 Å². The Kier molecular flexibility index (Phi) is 4.71. The lowest BCUT2D eigenvalue weighted by atomic mass is 10.0. The summed E-state index contributed by atoms with van der Waals surface area (Å²) < 4.78 is 24.1. The van der Waals surface area contributed by atoms with E-state index in [0.29, 0.717) is 4.90 Å². The molecule has 0 spiro atoms. The van der Waals surface area contributed by atoms with Crippen molar-refractivity contribution in [2.75, 3.05) is 5.75 Å². The standard InChI is InChI=1S/C13H20O3S/c1-4-11(3)13(14)9-17(15,16)12-7-5-6-10(2)8-12/h5-8,11,13-14H,4,9H2,1-3H3. The predicted molar refractivity (Wildman–Crippen MR) is 68.7 cm³/mol. The fourth-order valence-electron chi connectivity index (χ4n) is 1.57. The second-order valence-electron chi connectivity index (χ2n) is 4.55. The Morgan fingerprint density at radius 3 is 2.53 bits per heavy atom. The molecule has 0 bridgehead atoms. The zero-order valence-corrected chi connectivity index (χ0v) is 11.4. The SMILES string of the molecule is CCC(C)C(O)CS(=O)(=O)c1cccc(C)c1. The molecule has 0 heterocycles. The molecule has 1 aromatic rings. The van der Waals surface area contributed by atoms with Crippen molar-refractivity contribution in [3.05, 3.63) is 29.8 Å². The predicted octanol–water partition coefficient (Wildman–Crippen LogP) is 2.18. The average molecular weight is 256 g/mol. The normalized spacial score (nSPS) is 15.5. The van der Waals surface area contributed by atoms with E-state index in [9.17, 15) is 13.5 Å². The highest BCUT2D eigenvalue weighted by molar-refractivity contribution is 7.91. The third-order valence-corrected chi connectivity index (χ3v) is 4.79. The Bertz CT molecular complexity index is 465. The molecule has 2 unspecified atom stereocenters. The molecular weight excluding hydrogens is 236 g/mol. The minimum atomic E-state index is -3.39. The van der Waals surface area contributed by atoms with E-state index in [1.54, 1.807) is 18.2 Å². The van der Waals surface area contributed by atoms with Crippen molar-refractivity contribution < 1.29 is 13.5 Å². The quantitative estimate of drug-likeness (QED) is 0.878. The van der Waals surface area contributed by atoms with Gasteiger partial charge in [-0.15, -0.1) is 0 Å². The highest BCUT2D eigenvalue weighted by atomic mass is 32.2. The maximum atomic E-state index is 12.1. The molecule has 0 saturated carbocycles. The van der Waals surface area contributed by atoms with Gasteiger partial charge in [0.1, 0.15) is 0 Å². The number of sulfone groups is 1. The summed E-state index contributed by atoms with van der Waals surface area (Å²) in [5.41, 5.74) is 0.907. The van der Waals surface area contributed by atoms with Gasteiger partial charge in [0.15, 0.2) is 9.84 Å². The van der Waals surface area contributed by atoms with E-state index in [1.807, 2.05) is 26.8 Å². The molecule has 1 rings (SSSR count). The zero-order chi connectivity index (χ0) is 13.1. The third-order valence-electron chi connectivity index (χ3n) is 3.04. The number of hydrogen-bond donors (Lipinski definition) is 1. The Labute approximate surface area is 103 Å². The van der Waals surface area contributed by atoms with E-state index in [1.165, 1.54) is 0 Å². The van der Waals surface area contributed by atoms with Crippen LogP contribution in [0.4, 0.5) is 0 Å². The summed E-state index contributed by atoms with van der Waals surface area (Å²) in [6, 6.07) is 6.78. The van der Waals surface area contributed by atoms with Crippen molar-refractivity contribution in [1.29, 1.82) is 0 Å². The van der Waals surface area contributed by atoms with Crippen molar-refractivity contribution in [3.63, 3.8) is 0 Å². The second-order valence-corrected chi connectivity index (χ2v) is 6.59. The van der Waals surface area contributed by atoms with Gasteiger partial charge in [0.25, 0.3) is 0 Å². The van der Waals surface area contributed by atoms with E-state index >= 15 is 0 Å². The largest absolute Gasteiger partial charge is 0.392 e. The Morgan fingerprint density at radius 1 is 1.35 bits per heavy atom. The van der Waals surface area contributed by atoms with Crippen LogP contribution in [0.15, 0.2) is 29.2 Å². The number of aliphatic hydroxyl groups is 1. The van der Waals surface area contributed by atoms with Crippen LogP contribution in [0.2, 0.25) is 0 Å². The van der Waals surface area contributed by atoms with Crippen molar-refractivity contribution in [1.82, 2.24) is 0 Å². The third kappa shape index (κ3) is 3.82. The van der Waals surface area contributed by atoms with Gasteiger partial charge in [-0.1, -0.05) is 32.4 Å². The summed E-state index contributed by atoms with van der Waals surface area (Å²) in [4.78, 5) is 0.292. The molecule has 2 atom stereocenters. The van der Waals surface area contributed by atoms with Gasteiger partial charge in [0.05, 0.1) is 16.8 Å². The van der Waals surface area contributed by atoms with Crippen LogP contribution in [0.1, 0.15) is 25.8 Å². The molecule has 3 nitrogen and oxygen atoms in total. The van der Waals surface area contributed by atoms with Crippen LogP contribution in [-0.4, -0.2) is 25.4 Å². The average Bonchev–Trinajstić information content (AvgIpc) is 2.27. The summed E-state index contributed by atoms with van der Waals surface area (Å²) >= 11 is 0. The molecule has 0 radical (unpaired) electrons. The summed E-state index contributed by atoms with van der Waals surface area (Å²) in [6.45, 7) is 5.65. The van der Waals surface area contributed by atoms with Crippen molar-refractivity contribution >= 4 is 9.84 Å². The first-order valence-electron chi connectivity index (χ1n) is 5.84. The van der Waals surface area contributed by atoms with Crippen LogP contribution in [0.5, 0.6) is 0 Å². The van der Waals surface area contributed by atoms with E-state index in [2.05, 4.69) is 0 Å². The van der Waals surface area contributed by atoms with Crippen molar-refractivity contribution in [2.45, 2.75) is 38.2 Å².